The zero-order valence-corrected chi connectivity index (χ0v) is 16.8. The first-order valence-electron chi connectivity index (χ1n) is 10.6. The quantitative estimate of drug-likeness (QED) is 0.778. The van der Waals surface area contributed by atoms with Crippen molar-refractivity contribution in [1.82, 2.24) is 9.80 Å². The maximum Gasteiger partial charge on any atom is 0.253 e. The first kappa shape index (κ1) is 19.5. The molecular formula is C24H28N2O3. The normalized spacial score (nSPS) is 17.8. The molecule has 2 amide bonds. The van der Waals surface area contributed by atoms with Gasteiger partial charge in [0, 0.05) is 37.7 Å². The van der Waals surface area contributed by atoms with Gasteiger partial charge in [-0.05, 0) is 55.7 Å². The number of rotatable bonds is 4. The summed E-state index contributed by atoms with van der Waals surface area (Å²) in [4.78, 5) is 29.5. The van der Waals surface area contributed by atoms with E-state index in [-0.39, 0.29) is 11.8 Å². The molecule has 2 aliphatic rings. The van der Waals surface area contributed by atoms with Gasteiger partial charge in [-0.25, -0.2) is 0 Å². The van der Waals surface area contributed by atoms with Gasteiger partial charge in [0.15, 0.2) is 0 Å². The lowest BCUT2D eigenvalue weighted by Gasteiger charge is -2.24. The third-order valence-electron chi connectivity index (χ3n) is 5.88. The van der Waals surface area contributed by atoms with Gasteiger partial charge in [0.2, 0.25) is 5.91 Å². The fourth-order valence-electron chi connectivity index (χ4n) is 4.24. The Morgan fingerprint density at radius 1 is 0.724 bits per heavy atom. The van der Waals surface area contributed by atoms with E-state index in [0.717, 1.165) is 31.6 Å². The van der Waals surface area contributed by atoms with E-state index in [2.05, 4.69) is 0 Å². The molecule has 0 radical (unpaired) electrons. The summed E-state index contributed by atoms with van der Waals surface area (Å²) >= 11 is 0. The summed E-state index contributed by atoms with van der Waals surface area (Å²) in [5, 5.41) is 0. The number of carbonyl (C=O) groups is 2. The van der Waals surface area contributed by atoms with Crippen LogP contribution in [-0.2, 0) is 4.79 Å². The monoisotopic (exact) mass is 392 g/mol. The van der Waals surface area contributed by atoms with Crippen LogP contribution in [0.25, 0.3) is 0 Å². The molecule has 0 spiro atoms. The third-order valence-corrected chi connectivity index (χ3v) is 5.88. The SMILES string of the molecule is O=C(c1ccc(Oc2ccccc2)cc1)N1CCCN(C(=O)C2CCCC2)CC1. The highest BCUT2D eigenvalue weighted by molar-refractivity contribution is 5.94. The predicted molar refractivity (Wildman–Crippen MR) is 112 cm³/mol. The number of benzene rings is 2. The van der Waals surface area contributed by atoms with Gasteiger partial charge < -0.3 is 14.5 Å². The minimum atomic E-state index is 0.0198. The maximum atomic E-state index is 12.9. The lowest BCUT2D eigenvalue weighted by molar-refractivity contribution is -0.135. The number of hydrogen-bond donors (Lipinski definition) is 0. The Labute approximate surface area is 172 Å². The summed E-state index contributed by atoms with van der Waals surface area (Å²) in [6.07, 6.45) is 5.21. The highest BCUT2D eigenvalue weighted by Gasteiger charge is 2.29. The highest BCUT2D eigenvalue weighted by atomic mass is 16.5. The minimum Gasteiger partial charge on any atom is -0.457 e. The molecular weight excluding hydrogens is 364 g/mol. The van der Waals surface area contributed by atoms with E-state index in [4.69, 9.17) is 4.74 Å². The van der Waals surface area contributed by atoms with Crippen LogP contribution in [0.5, 0.6) is 11.5 Å². The maximum absolute atomic E-state index is 12.9. The second kappa shape index (κ2) is 9.12. The Morgan fingerprint density at radius 3 is 2.07 bits per heavy atom. The standard InChI is InChI=1S/C24H28N2O3/c27-23(19-7-4-5-8-19)25-15-6-16-26(18-17-25)24(28)20-11-13-22(14-12-20)29-21-9-2-1-3-10-21/h1-3,9-14,19H,4-8,15-18H2. The molecule has 2 fully saturated rings. The van der Waals surface area contributed by atoms with Crippen LogP contribution in [0, 0.1) is 5.92 Å². The van der Waals surface area contributed by atoms with Gasteiger partial charge in [0.25, 0.3) is 5.91 Å². The number of hydrogen-bond acceptors (Lipinski definition) is 3. The van der Waals surface area contributed by atoms with Crippen molar-refractivity contribution in [2.75, 3.05) is 26.2 Å². The molecule has 5 heteroatoms. The van der Waals surface area contributed by atoms with Crippen molar-refractivity contribution in [2.24, 2.45) is 5.92 Å². The first-order chi connectivity index (χ1) is 14.2. The van der Waals surface area contributed by atoms with Gasteiger partial charge in [-0.1, -0.05) is 31.0 Å². The summed E-state index contributed by atoms with van der Waals surface area (Å²) in [5.41, 5.74) is 0.654. The van der Waals surface area contributed by atoms with Crippen LogP contribution in [0.4, 0.5) is 0 Å². The summed E-state index contributed by atoms with van der Waals surface area (Å²) in [7, 11) is 0. The molecule has 1 saturated carbocycles. The lowest BCUT2D eigenvalue weighted by atomic mass is 10.1. The van der Waals surface area contributed by atoms with Gasteiger partial charge in [0.1, 0.15) is 11.5 Å². The van der Waals surface area contributed by atoms with Crippen LogP contribution in [0.15, 0.2) is 54.6 Å². The smallest absolute Gasteiger partial charge is 0.253 e. The van der Waals surface area contributed by atoms with E-state index < -0.39 is 0 Å². The molecule has 5 nitrogen and oxygen atoms in total. The van der Waals surface area contributed by atoms with Crippen LogP contribution >= 0.6 is 0 Å². The Hall–Kier alpha value is -2.82. The minimum absolute atomic E-state index is 0.0198. The summed E-state index contributed by atoms with van der Waals surface area (Å²) < 4.78 is 5.80. The molecule has 2 aromatic carbocycles. The Bertz CT molecular complexity index is 829. The van der Waals surface area contributed by atoms with E-state index in [1.807, 2.05) is 64.4 Å². The van der Waals surface area contributed by atoms with E-state index in [1.165, 1.54) is 12.8 Å². The molecule has 2 aromatic rings. The van der Waals surface area contributed by atoms with Gasteiger partial charge in [-0.3, -0.25) is 9.59 Å². The summed E-state index contributed by atoms with van der Waals surface area (Å²) in [6, 6.07) is 16.9. The molecule has 0 atom stereocenters. The van der Waals surface area contributed by atoms with Gasteiger partial charge in [-0.15, -0.1) is 0 Å². The topological polar surface area (TPSA) is 49.9 Å². The van der Waals surface area contributed by atoms with Crippen molar-refractivity contribution in [2.45, 2.75) is 32.1 Å². The van der Waals surface area contributed by atoms with Crippen molar-refractivity contribution in [3.05, 3.63) is 60.2 Å². The van der Waals surface area contributed by atoms with Gasteiger partial charge in [0.05, 0.1) is 0 Å². The van der Waals surface area contributed by atoms with Crippen molar-refractivity contribution in [3.8, 4) is 11.5 Å². The predicted octanol–water partition coefficient (Wildman–Crippen LogP) is 4.34. The summed E-state index contributed by atoms with van der Waals surface area (Å²) in [5.74, 6) is 1.99. The van der Waals surface area contributed by atoms with E-state index in [1.54, 1.807) is 0 Å². The second-order valence-corrected chi connectivity index (χ2v) is 7.89. The molecule has 0 N–H and O–H groups in total. The number of nitrogens with zero attached hydrogens (tertiary/aromatic N) is 2. The van der Waals surface area contributed by atoms with E-state index in [0.29, 0.717) is 36.9 Å². The average Bonchev–Trinajstić information content (AvgIpc) is 3.19. The number of ether oxygens (including phenoxy) is 1. The lowest BCUT2D eigenvalue weighted by Crippen LogP contribution is -2.39. The fourth-order valence-corrected chi connectivity index (χ4v) is 4.24. The zero-order valence-electron chi connectivity index (χ0n) is 16.8. The molecule has 4 rings (SSSR count). The molecule has 0 unspecified atom stereocenters. The molecule has 1 heterocycles. The zero-order chi connectivity index (χ0) is 20.1. The van der Waals surface area contributed by atoms with Crippen LogP contribution in [0.2, 0.25) is 0 Å². The Balaban J connectivity index is 1.34. The number of para-hydroxylation sites is 1. The van der Waals surface area contributed by atoms with E-state index in [9.17, 15) is 9.59 Å². The third kappa shape index (κ3) is 4.78. The fraction of sp³-hybridized carbons (Fsp3) is 0.417. The molecule has 1 saturated heterocycles. The van der Waals surface area contributed by atoms with Gasteiger partial charge in [-0.2, -0.15) is 0 Å². The number of carbonyl (C=O) groups excluding carboxylic acids is 2. The van der Waals surface area contributed by atoms with Crippen LogP contribution in [0.1, 0.15) is 42.5 Å². The van der Waals surface area contributed by atoms with Crippen LogP contribution < -0.4 is 4.74 Å². The second-order valence-electron chi connectivity index (χ2n) is 7.89. The molecule has 0 aromatic heterocycles. The first-order valence-corrected chi connectivity index (χ1v) is 10.6. The van der Waals surface area contributed by atoms with E-state index >= 15 is 0 Å². The van der Waals surface area contributed by atoms with Crippen molar-refractivity contribution in [1.29, 1.82) is 0 Å². The van der Waals surface area contributed by atoms with Crippen LogP contribution in [0.3, 0.4) is 0 Å². The van der Waals surface area contributed by atoms with Crippen molar-refractivity contribution < 1.29 is 14.3 Å². The van der Waals surface area contributed by atoms with Crippen LogP contribution in [-0.4, -0.2) is 47.8 Å². The molecule has 1 aliphatic heterocycles. The molecule has 152 valence electrons. The highest BCUT2D eigenvalue weighted by Crippen LogP contribution is 2.27. The Morgan fingerprint density at radius 2 is 1.34 bits per heavy atom. The molecule has 0 bridgehead atoms. The van der Waals surface area contributed by atoms with Crippen molar-refractivity contribution >= 4 is 11.8 Å². The van der Waals surface area contributed by atoms with Gasteiger partial charge >= 0.3 is 0 Å². The molecule has 29 heavy (non-hydrogen) atoms. The van der Waals surface area contributed by atoms with Crippen molar-refractivity contribution in [3.63, 3.8) is 0 Å². The largest absolute Gasteiger partial charge is 0.457 e. The number of amides is 2. The summed E-state index contributed by atoms with van der Waals surface area (Å²) in [6.45, 7) is 2.67. The molecule has 1 aliphatic carbocycles. The Kier molecular flexibility index (Phi) is 6.13. The average molecular weight is 392 g/mol.